The number of nitrogens with zero attached hydrogens (tertiary/aromatic N) is 4. The van der Waals surface area contributed by atoms with Crippen molar-refractivity contribution in [2.75, 3.05) is 19.6 Å². The molecule has 0 aromatic carbocycles. The minimum atomic E-state index is -0.795. The highest BCUT2D eigenvalue weighted by molar-refractivity contribution is 6.28. The molecule has 0 aliphatic carbocycles. The molecular weight excluding hydrogens is 280 g/mol. The van der Waals surface area contributed by atoms with Crippen LogP contribution in [0, 0.1) is 5.92 Å². The first kappa shape index (κ1) is 13.6. The van der Waals surface area contributed by atoms with Crippen LogP contribution < -0.4 is 0 Å². The highest BCUT2D eigenvalue weighted by Gasteiger charge is 2.40. The van der Waals surface area contributed by atoms with Gasteiger partial charge in [-0.05, 0) is 30.4 Å². The Hall–Kier alpha value is -1.40. The van der Waals surface area contributed by atoms with Crippen molar-refractivity contribution in [2.24, 2.45) is 5.92 Å². The summed E-state index contributed by atoms with van der Waals surface area (Å²) in [4.78, 5) is 23.1. The van der Waals surface area contributed by atoms with Gasteiger partial charge in [-0.25, -0.2) is 14.8 Å². The van der Waals surface area contributed by atoms with Crippen LogP contribution in [-0.2, 0) is 6.54 Å². The average molecular weight is 297 g/mol. The Bertz CT molecular complexity index is 496. The molecule has 6 nitrogen and oxygen atoms in total. The van der Waals surface area contributed by atoms with Crippen LogP contribution >= 0.6 is 11.6 Å². The van der Waals surface area contributed by atoms with Gasteiger partial charge in [0.15, 0.2) is 0 Å². The van der Waals surface area contributed by atoms with Gasteiger partial charge in [0, 0.05) is 44.1 Å². The van der Waals surface area contributed by atoms with E-state index < -0.39 is 6.09 Å². The number of hydrogen-bond donors (Lipinski definition) is 1. The van der Waals surface area contributed by atoms with Crippen molar-refractivity contribution in [3.8, 4) is 0 Å². The summed E-state index contributed by atoms with van der Waals surface area (Å²) in [6, 6.07) is 0.134. The molecular formula is C13H17ClN4O2. The maximum absolute atomic E-state index is 11.3. The normalized spacial score (nSPS) is 26.6. The standard InChI is InChI=1S/C13H17ClN4O2/c14-12-15-4-9(5-16-12)6-17-7-10-2-1-3-18(13(19)20)11(10)8-17/h4-5,10-11H,1-3,6-8H2,(H,19,20)/t10-,11+/m0/s1. The van der Waals surface area contributed by atoms with Crippen LogP contribution in [0.15, 0.2) is 12.4 Å². The molecule has 20 heavy (non-hydrogen) atoms. The van der Waals surface area contributed by atoms with Gasteiger partial charge in [-0.1, -0.05) is 0 Å². The fourth-order valence-corrected chi connectivity index (χ4v) is 3.41. The second-order valence-electron chi connectivity index (χ2n) is 5.50. The minimum Gasteiger partial charge on any atom is -0.465 e. The molecule has 2 aliphatic heterocycles. The number of rotatable bonds is 2. The number of amides is 1. The van der Waals surface area contributed by atoms with E-state index in [0.717, 1.165) is 38.0 Å². The summed E-state index contributed by atoms with van der Waals surface area (Å²) in [6.45, 7) is 3.14. The zero-order valence-electron chi connectivity index (χ0n) is 11.1. The maximum Gasteiger partial charge on any atom is 0.407 e. The van der Waals surface area contributed by atoms with Crippen LogP contribution in [-0.4, -0.2) is 56.6 Å². The lowest BCUT2D eigenvalue weighted by Crippen LogP contribution is -2.47. The number of aromatic nitrogens is 2. The molecule has 1 aromatic rings. The van der Waals surface area contributed by atoms with Crippen molar-refractivity contribution in [1.82, 2.24) is 19.8 Å². The minimum absolute atomic E-state index is 0.134. The van der Waals surface area contributed by atoms with Gasteiger partial charge in [0.1, 0.15) is 0 Å². The number of hydrogen-bond acceptors (Lipinski definition) is 4. The van der Waals surface area contributed by atoms with E-state index >= 15 is 0 Å². The highest BCUT2D eigenvalue weighted by Crippen LogP contribution is 2.31. The van der Waals surface area contributed by atoms with Gasteiger partial charge in [0.2, 0.25) is 5.28 Å². The van der Waals surface area contributed by atoms with Gasteiger partial charge in [-0.15, -0.1) is 0 Å². The summed E-state index contributed by atoms with van der Waals surface area (Å²) < 4.78 is 0. The largest absolute Gasteiger partial charge is 0.465 e. The molecule has 1 N–H and O–H groups in total. The molecule has 1 aromatic heterocycles. The average Bonchev–Trinajstić information content (AvgIpc) is 2.83. The molecule has 0 saturated carbocycles. The molecule has 0 spiro atoms. The van der Waals surface area contributed by atoms with Crippen LogP contribution in [0.2, 0.25) is 5.28 Å². The van der Waals surface area contributed by atoms with E-state index in [-0.39, 0.29) is 11.3 Å². The van der Waals surface area contributed by atoms with Crippen LogP contribution in [0.1, 0.15) is 18.4 Å². The zero-order chi connectivity index (χ0) is 14.1. The summed E-state index contributed by atoms with van der Waals surface area (Å²) in [5.74, 6) is 0.452. The number of carbonyl (C=O) groups is 1. The molecule has 3 heterocycles. The van der Waals surface area contributed by atoms with Gasteiger partial charge >= 0.3 is 6.09 Å². The molecule has 0 bridgehead atoms. The zero-order valence-corrected chi connectivity index (χ0v) is 11.8. The molecule has 3 rings (SSSR count). The Balaban J connectivity index is 1.66. The Morgan fingerprint density at radius 2 is 2.15 bits per heavy atom. The van der Waals surface area contributed by atoms with Crippen molar-refractivity contribution >= 4 is 17.7 Å². The predicted octanol–water partition coefficient (Wildman–Crippen LogP) is 1.70. The molecule has 108 valence electrons. The molecule has 2 saturated heterocycles. The SMILES string of the molecule is O=C(O)N1CCC[C@H]2CN(Cc3cnc(Cl)nc3)C[C@H]21. The Morgan fingerprint density at radius 1 is 1.40 bits per heavy atom. The maximum atomic E-state index is 11.3. The number of fused-ring (bicyclic) bond motifs is 1. The topological polar surface area (TPSA) is 69.6 Å². The summed E-state index contributed by atoms with van der Waals surface area (Å²) >= 11 is 5.67. The van der Waals surface area contributed by atoms with E-state index in [1.807, 2.05) is 0 Å². The van der Waals surface area contributed by atoms with Crippen LogP contribution in [0.4, 0.5) is 4.79 Å². The van der Waals surface area contributed by atoms with Gasteiger partial charge in [0.25, 0.3) is 0 Å². The third kappa shape index (κ3) is 2.71. The lowest BCUT2D eigenvalue weighted by molar-refractivity contribution is 0.0954. The van der Waals surface area contributed by atoms with Crippen LogP contribution in [0.3, 0.4) is 0 Å². The smallest absolute Gasteiger partial charge is 0.407 e. The van der Waals surface area contributed by atoms with Gasteiger partial charge < -0.3 is 10.0 Å². The lowest BCUT2D eigenvalue weighted by atomic mass is 9.92. The predicted molar refractivity (Wildman–Crippen MR) is 73.6 cm³/mol. The molecule has 2 atom stereocenters. The fraction of sp³-hybridized carbons (Fsp3) is 0.615. The van der Waals surface area contributed by atoms with E-state index in [4.69, 9.17) is 11.6 Å². The third-order valence-corrected chi connectivity index (χ3v) is 4.38. The van der Waals surface area contributed by atoms with Gasteiger partial charge in [0.05, 0.1) is 6.04 Å². The second kappa shape index (κ2) is 5.54. The monoisotopic (exact) mass is 296 g/mol. The number of carboxylic acid groups (broad SMARTS) is 1. The quantitative estimate of drug-likeness (QED) is 0.841. The Kier molecular flexibility index (Phi) is 3.76. The summed E-state index contributed by atoms with van der Waals surface area (Å²) in [5, 5.41) is 9.52. The summed E-state index contributed by atoms with van der Waals surface area (Å²) in [6.07, 6.45) is 4.74. The molecule has 1 amide bonds. The van der Waals surface area contributed by atoms with E-state index in [2.05, 4.69) is 14.9 Å². The van der Waals surface area contributed by atoms with Crippen molar-refractivity contribution in [2.45, 2.75) is 25.4 Å². The first-order valence-electron chi connectivity index (χ1n) is 6.82. The van der Waals surface area contributed by atoms with Crippen molar-refractivity contribution < 1.29 is 9.90 Å². The first-order valence-corrected chi connectivity index (χ1v) is 7.19. The summed E-state index contributed by atoms with van der Waals surface area (Å²) in [7, 11) is 0. The van der Waals surface area contributed by atoms with Gasteiger partial charge in [-0.3, -0.25) is 4.90 Å². The van der Waals surface area contributed by atoms with E-state index in [0.29, 0.717) is 12.5 Å². The first-order chi connectivity index (χ1) is 9.63. The lowest BCUT2D eigenvalue weighted by Gasteiger charge is -2.34. The second-order valence-corrected chi connectivity index (χ2v) is 5.84. The highest BCUT2D eigenvalue weighted by atomic mass is 35.5. The van der Waals surface area contributed by atoms with Crippen LogP contribution in [0.5, 0.6) is 0 Å². The Morgan fingerprint density at radius 3 is 2.85 bits per heavy atom. The number of halogens is 1. The molecule has 7 heteroatoms. The van der Waals surface area contributed by atoms with Crippen LogP contribution in [0.25, 0.3) is 0 Å². The van der Waals surface area contributed by atoms with Crippen molar-refractivity contribution in [3.63, 3.8) is 0 Å². The molecule has 2 fully saturated rings. The van der Waals surface area contributed by atoms with Gasteiger partial charge in [-0.2, -0.15) is 0 Å². The van der Waals surface area contributed by atoms with E-state index in [1.165, 1.54) is 0 Å². The number of piperidine rings is 1. The van der Waals surface area contributed by atoms with Crippen molar-refractivity contribution in [3.05, 3.63) is 23.2 Å². The Labute approximate surface area is 122 Å². The summed E-state index contributed by atoms with van der Waals surface area (Å²) in [5.41, 5.74) is 1.01. The van der Waals surface area contributed by atoms with E-state index in [9.17, 15) is 9.90 Å². The number of likely N-dealkylation sites (tertiary alicyclic amines) is 2. The molecule has 0 radical (unpaired) electrons. The molecule has 0 unspecified atom stereocenters. The van der Waals surface area contributed by atoms with E-state index in [1.54, 1.807) is 17.3 Å². The van der Waals surface area contributed by atoms with Crippen molar-refractivity contribution in [1.29, 1.82) is 0 Å². The third-order valence-electron chi connectivity index (χ3n) is 4.18. The fourth-order valence-electron chi connectivity index (χ4n) is 3.31. The molecule has 2 aliphatic rings.